The third-order valence-electron chi connectivity index (χ3n) is 4.93. The van der Waals surface area contributed by atoms with Crippen molar-refractivity contribution in [3.8, 4) is 0 Å². The normalized spacial score (nSPS) is 22.3. The fraction of sp³-hybridized carbons (Fsp3) is 0.500. The maximum Gasteiger partial charge on any atom is 0.253 e. The van der Waals surface area contributed by atoms with Crippen molar-refractivity contribution in [2.24, 2.45) is 11.8 Å². The second-order valence-electron chi connectivity index (χ2n) is 6.25. The highest BCUT2D eigenvalue weighted by atomic mass is 16.1. The standard InChI is InChI=1S/C18H24N2O/c1-2-13-7-9-14(10-8-13)11-20-18(21)16-12-19-17-6-4-3-5-15(16)17/h3-6,12-14,19H,2,7-11H2,1H3,(H,20,21). The predicted octanol–water partition coefficient (Wildman–Crippen LogP) is 4.11. The van der Waals surface area contributed by atoms with Crippen LogP contribution in [-0.2, 0) is 0 Å². The quantitative estimate of drug-likeness (QED) is 0.871. The van der Waals surface area contributed by atoms with Crippen LogP contribution >= 0.6 is 0 Å². The van der Waals surface area contributed by atoms with Crippen molar-refractivity contribution in [2.45, 2.75) is 39.0 Å². The first-order valence-corrected chi connectivity index (χ1v) is 8.12. The van der Waals surface area contributed by atoms with E-state index in [0.717, 1.165) is 28.9 Å². The van der Waals surface area contributed by atoms with E-state index in [0.29, 0.717) is 5.92 Å². The highest BCUT2D eigenvalue weighted by molar-refractivity contribution is 6.06. The number of para-hydroxylation sites is 1. The molecule has 1 aromatic heterocycles. The molecule has 0 saturated heterocycles. The summed E-state index contributed by atoms with van der Waals surface area (Å²) in [5.41, 5.74) is 1.78. The van der Waals surface area contributed by atoms with E-state index in [-0.39, 0.29) is 5.91 Å². The fourth-order valence-corrected chi connectivity index (χ4v) is 3.44. The van der Waals surface area contributed by atoms with Gasteiger partial charge in [-0.1, -0.05) is 44.4 Å². The van der Waals surface area contributed by atoms with Gasteiger partial charge < -0.3 is 10.3 Å². The molecule has 1 amide bonds. The Bertz CT molecular complexity index is 608. The Balaban J connectivity index is 1.57. The van der Waals surface area contributed by atoms with Crippen LogP contribution in [0.15, 0.2) is 30.5 Å². The van der Waals surface area contributed by atoms with Crippen molar-refractivity contribution in [1.29, 1.82) is 0 Å². The summed E-state index contributed by atoms with van der Waals surface area (Å²) in [6.07, 6.45) is 8.27. The molecule has 112 valence electrons. The molecule has 0 radical (unpaired) electrons. The Kier molecular flexibility index (Phi) is 4.28. The highest BCUT2D eigenvalue weighted by Gasteiger charge is 2.21. The number of hydrogen-bond acceptors (Lipinski definition) is 1. The SMILES string of the molecule is CCC1CCC(CNC(=O)c2c[nH]c3ccccc23)CC1. The minimum absolute atomic E-state index is 0.0464. The Morgan fingerprint density at radius 2 is 1.90 bits per heavy atom. The molecule has 0 atom stereocenters. The van der Waals surface area contributed by atoms with Crippen LogP contribution in [0.25, 0.3) is 10.9 Å². The number of rotatable bonds is 4. The van der Waals surface area contributed by atoms with Crippen LogP contribution in [0.4, 0.5) is 0 Å². The van der Waals surface area contributed by atoms with Crippen molar-refractivity contribution < 1.29 is 4.79 Å². The first kappa shape index (κ1) is 14.2. The lowest BCUT2D eigenvalue weighted by molar-refractivity contribution is 0.0943. The Hall–Kier alpha value is -1.77. The van der Waals surface area contributed by atoms with Gasteiger partial charge in [0.25, 0.3) is 5.91 Å². The third kappa shape index (κ3) is 3.12. The van der Waals surface area contributed by atoms with E-state index in [1.54, 1.807) is 0 Å². The number of hydrogen-bond donors (Lipinski definition) is 2. The van der Waals surface area contributed by atoms with Crippen molar-refractivity contribution in [3.63, 3.8) is 0 Å². The molecule has 1 fully saturated rings. The number of carbonyl (C=O) groups excluding carboxylic acids is 1. The summed E-state index contributed by atoms with van der Waals surface area (Å²) in [6.45, 7) is 3.10. The Morgan fingerprint density at radius 3 is 2.67 bits per heavy atom. The highest BCUT2D eigenvalue weighted by Crippen LogP contribution is 2.30. The van der Waals surface area contributed by atoms with Gasteiger partial charge in [0, 0.05) is 23.6 Å². The summed E-state index contributed by atoms with van der Waals surface area (Å²) in [4.78, 5) is 15.5. The molecular weight excluding hydrogens is 260 g/mol. The van der Waals surface area contributed by atoms with Crippen molar-refractivity contribution in [2.75, 3.05) is 6.54 Å². The number of H-pyrrole nitrogens is 1. The monoisotopic (exact) mass is 284 g/mol. The molecule has 2 aromatic rings. The molecule has 21 heavy (non-hydrogen) atoms. The van der Waals surface area contributed by atoms with Crippen LogP contribution < -0.4 is 5.32 Å². The van der Waals surface area contributed by atoms with Crippen LogP contribution in [0.1, 0.15) is 49.4 Å². The number of carbonyl (C=O) groups is 1. The zero-order valence-corrected chi connectivity index (χ0v) is 12.7. The van der Waals surface area contributed by atoms with Gasteiger partial charge in [0.15, 0.2) is 0 Å². The van der Waals surface area contributed by atoms with Crippen molar-refractivity contribution >= 4 is 16.8 Å². The lowest BCUT2D eigenvalue weighted by Gasteiger charge is -2.27. The molecule has 2 N–H and O–H groups in total. The van der Waals surface area contributed by atoms with Gasteiger partial charge in [0.1, 0.15) is 0 Å². The number of nitrogens with one attached hydrogen (secondary N) is 2. The van der Waals surface area contributed by atoms with Gasteiger partial charge in [-0.25, -0.2) is 0 Å². The van der Waals surface area contributed by atoms with Gasteiger partial charge in [-0.3, -0.25) is 4.79 Å². The number of aromatic nitrogens is 1. The largest absolute Gasteiger partial charge is 0.360 e. The topological polar surface area (TPSA) is 44.9 Å². The van der Waals surface area contributed by atoms with E-state index >= 15 is 0 Å². The second kappa shape index (κ2) is 6.33. The molecule has 0 unspecified atom stereocenters. The summed E-state index contributed by atoms with van der Waals surface area (Å²) < 4.78 is 0. The number of fused-ring (bicyclic) bond motifs is 1. The van der Waals surface area contributed by atoms with Crippen molar-refractivity contribution in [3.05, 3.63) is 36.0 Å². The minimum Gasteiger partial charge on any atom is -0.360 e. The fourth-order valence-electron chi connectivity index (χ4n) is 3.44. The maximum atomic E-state index is 12.4. The molecular formula is C18H24N2O. The molecule has 1 aromatic carbocycles. The summed E-state index contributed by atoms with van der Waals surface area (Å²) in [5.74, 6) is 1.61. The average Bonchev–Trinajstić information content (AvgIpc) is 2.97. The number of benzene rings is 1. The van der Waals surface area contributed by atoms with Gasteiger partial charge >= 0.3 is 0 Å². The van der Waals surface area contributed by atoms with Gasteiger partial charge in [-0.2, -0.15) is 0 Å². The summed E-state index contributed by atoms with van der Waals surface area (Å²) in [6, 6.07) is 7.94. The van der Waals surface area contributed by atoms with Crippen LogP contribution in [0.2, 0.25) is 0 Å². The van der Waals surface area contributed by atoms with Crippen molar-refractivity contribution in [1.82, 2.24) is 10.3 Å². The summed E-state index contributed by atoms with van der Waals surface area (Å²) in [7, 11) is 0. The average molecular weight is 284 g/mol. The van der Waals surface area contributed by atoms with Gasteiger partial charge in [-0.15, -0.1) is 0 Å². The van der Waals surface area contributed by atoms with E-state index in [1.165, 1.54) is 32.1 Å². The Labute approximate surface area is 126 Å². The van der Waals surface area contributed by atoms with E-state index in [9.17, 15) is 4.79 Å². The van der Waals surface area contributed by atoms with Crippen LogP contribution in [-0.4, -0.2) is 17.4 Å². The number of amides is 1. The lowest BCUT2D eigenvalue weighted by Crippen LogP contribution is -2.31. The van der Waals surface area contributed by atoms with E-state index < -0.39 is 0 Å². The predicted molar refractivity (Wildman–Crippen MR) is 86.4 cm³/mol. The molecule has 3 heteroatoms. The van der Waals surface area contributed by atoms with Crippen LogP contribution in [0.3, 0.4) is 0 Å². The number of aromatic amines is 1. The minimum atomic E-state index is 0.0464. The first-order chi connectivity index (χ1) is 10.3. The Morgan fingerprint density at radius 1 is 1.19 bits per heavy atom. The van der Waals surface area contributed by atoms with Gasteiger partial charge in [-0.05, 0) is 30.7 Å². The molecule has 1 heterocycles. The molecule has 1 aliphatic rings. The molecule has 1 saturated carbocycles. The molecule has 0 spiro atoms. The van der Waals surface area contributed by atoms with Crippen LogP contribution in [0.5, 0.6) is 0 Å². The smallest absolute Gasteiger partial charge is 0.253 e. The van der Waals surface area contributed by atoms with E-state index in [1.807, 2.05) is 30.5 Å². The molecule has 0 bridgehead atoms. The van der Waals surface area contributed by atoms with Gasteiger partial charge in [0.05, 0.1) is 5.56 Å². The second-order valence-corrected chi connectivity index (χ2v) is 6.25. The van der Waals surface area contributed by atoms with E-state index in [4.69, 9.17) is 0 Å². The summed E-state index contributed by atoms with van der Waals surface area (Å²) >= 11 is 0. The zero-order valence-electron chi connectivity index (χ0n) is 12.7. The lowest BCUT2D eigenvalue weighted by atomic mass is 9.81. The summed E-state index contributed by atoms with van der Waals surface area (Å²) in [5, 5.41) is 4.13. The molecule has 0 aliphatic heterocycles. The zero-order chi connectivity index (χ0) is 14.7. The molecule has 1 aliphatic carbocycles. The third-order valence-corrected chi connectivity index (χ3v) is 4.93. The van der Waals surface area contributed by atoms with Gasteiger partial charge in [0.2, 0.25) is 0 Å². The van der Waals surface area contributed by atoms with E-state index in [2.05, 4.69) is 17.2 Å². The maximum absolute atomic E-state index is 12.4. The molecule has 3 nitrogen and oxygen atoms in total. The first-order valence-electron chi connectivity index (χ1n) is 8.12. The molecule has 3 rings (SSSR count). The van der Waals surface area contributed by atoms with Crippen LogP contribution in [0, 0.1) is 11.8 Å².